The summed E-state index contributed by atoms with van der Waals surface area (Å²) in [5.41, 5.74) is 9.27. The van der Waals surface area contributed by atoms with E-state index in [1.807, 2.05) is 38.1 Å². The number of hydrogen-bond acceptors (Lipinski definition) is 2. The Morgan fingerprint density at radius 2 is 1.89 bits per heavy atom. The predicted octanol–water partition coefficient (Wildman–Crippen LogP) is 3.85. The molecule has 0 fully saturated rings. The maximum Gasteiger partial charge on any atom is 0.0577 e. The van der Waals surface area contributed by atoms with Gasteiger partial charge < -0.3 is 5.73 Å². The zero-order valence-electron chi connectivity index (χ0n) is 10.9. The Bertz CT molecular complexity index is 640. The minimum Gasteiger partial charge on any atom is -0.399 e. The lowest BCUT2D eigenvalue weighted by Gasteiger charge is -2.09. The molecule has 0 heterocycles. The summed E-state index contributed by atoms with van der Waals surface area (Å²) in [5.74, 6) is 0.406. The molecular formula is C15H16ClNOS. The smallest absolute Gasteiger partial charge is 0.0577 e. The highest BCUT2D eigenvalue weighted by atomic mass is 35.5. The van der Waals surface area contributed by atoms with Gasteiger partial charge in [0.05, 0.1) is 16.6 Å². The third-order valence-corrected chi connectivity index (χ3v) is 4.81. The van der Waals surface area contributed by atoms with E-state index >= 15 is 0 Å². The van der Waals surface area contributed by atoms with Crippen LogP contribution in [0.15, 0.2) is 41.3 Å². The number of hydrogen-bond donors (Lipinski definition) is 1. The Morgan fingerprint density at radius 3 is 2.58 bits per heavy atom. The fourth-order valence-corrected chi connectivity index (χ4v) is 3.62. The van der Waals surface area contributed by atoms with Crippen LogP contribution in [0.5, 0.6) is 0 Å². The van der Waals surface area contributed by atoms with Crippen molar-refractivity contribution in [3.05, 3.63) is 58.1 Å². The monoisotopic (exact) mass is 293 g/mol. The molecule has 1 atom stereocenters. The van der Waals surface area contributed by atoms with Gasteiger partial charge in [-0.15, -0.1) is 0 Å². The van der Waals surface area contributed by atoms with E-state index in [0.717, 1.165) is 21.6 Å². The van der Waals surface area contributed by atoms with Gasteiger partial charge in [-0.3, -0.25) is 4.21 Å². The maximum absolute atomic E-state index is 12.4. The van der Waals surface area contributed by atoms with Crippen LogP contribution in [0.3, 0.4) is 0 Å². The van der Waals surface area contributed by atoms with E-state index < -0.39 is 10.8 Å². The first-order valence-corrected chi connectivity index (χ1v) is 7.66. The van der Waals surface area contributed by atoms with Crippen molar-refractivity contribution < 1.29 is 4.21 Å². The second-order valence-corrected chi connectivity index (χ2v) is 6.44. The zero-order chi connectivity index (χ0) is 14.0. The van der Waals surface area contributed by atoms with Gasteiger partial charge in [0.1, 0.15) is 0 Å². The number of nitrogens with two attached hydrogens (primary N) is 1. The SMILES string of the molecule is Cc1ccc(C)c(S(=O)Cc2ccc(N)cc2Cl)c1. The molecule has 0 aliphatic rings. The van der Waals surface area contributed by atoms with Gasteiger partial charge in [0.25, 0.3) is 0 Å². The Hall–Kier alpha value is -1.32. The summed E-state index contributed by atoms with van der Waals surface area (Å²) in [6.07, 6.45) is 0. The third-order valence-electron chi connectivity index (χ3n) is 2.95. The Balaban J connectivity index is 2.28. The molecule has 2 rings (SSSR count). The van der Waals surface area contributed by atoms with Gasteiger partial charge in [-0.25, -0.2) is 0 Å². The normalized spacial score (nSPS) is 12.4. The van der Waals surface area contributed by atoms with Crippen LogP contribution in [-0.2, 0) is 16.6 Å². The van der Waals surface area contributed by atoms with Crippen molar-refractivity contribution in [1.29, 1.82) is 0 Å². The van der Waals surface area contributed by atoms with E-state index in [1.165, 1.54) is 0 Å². The second kappa shape index (κ2) is 5.76. The van der Waals surface area contributed by atoms with Crippen molar-refractivity contribution in [1.82, 2.24) is 0 Å². The third kappa shape index (κ3) is 3.37. The largest absolute Gasteiger partial charge is 0.399 e. The summed E-state index contributed by atoms with van der Waals surface area (Å²) < 4.78 is 12.4. The van der Waals surface area contributed by atoms with Gasteiger partial charge in [0.2, 0.25) is 0 Å². The molecule has 0 aliphatic heterocycles. The molecule has 1 unspecified atom stereocenters. The molecule has 2 aromatic carbocycles. The van der Waals surface area contributed by atoms with Crippen LogP contribution in [0.2, 0.25) is 5.02 Å². The van der Waals surface area contributed by atoms with Crippen molar-refractivity contribution in [2.45, 2.75) is 24.5 Å². The minimum atomic E-state index is -1.10. The van der Waals surface area contributed by atoms with E-state index in [-0.39, 0.29) is 0 Å². The standard InChI is InChI=1S/C15H16ClNOS/c1-10-3-4-11(2)15(7-10)19(18)9-12-5-6-13(17)8-14(12)16/h3-8H,9,17H2,1-2H3. The first-order valence-electron chi connectivity index (χ1n) is 5.97. The average Bonchev–Trinajstić information content (AvgIpc) is 2.35. The molecule has 4 heteroatoms. The molecular weight excluding hydrogens is 278 g/mol. The van der Waals surface area contributed by atoms with Gasteiger partial charge >= 0.3 is 0 Å². The Labute approximate surface area is 121 Å². The van der Waals surface area contributed by atoms with Gasteiger partial charge in [0.15, 0.2) is 0 Å². The molecule has 0 aliphatic carbocycles. The molecule has 0 spiro atoms. The fourth-order valence-electron chi connectivity index (χ4n) is 1.85. The summed E-state index contributed by atoms with van der Waals surface area (Å²) in [7, 11) is -1.10. The quantitative estimate of drug-likeness (QED) is 0.874. The molecule has 2 aromatic rings. The number of nitrogen functional groups attached to an aromatic ring is 1. The number of benzene rings is 2. The molecule has 0 saturated carbocycles. The number of anilines is 1. The van der Waals surface area contributed by atoms with Crippen LogP contribution >= 0.6 is 11.6 Å². The van der Waals surface area contributed by atoms with E-state index in [9.17, 15) is 4.21 Å². The van der Waals surface area contributed by atoms with E-state index in [2.05, 4.69) is 0 Å². The second-order valence-electron chi connectivity index (χ2n) is 4.61. The first-order chi connectivity index (χ1) is 8.97. The van der Waals surface area contributed by atoms with Crippen LogP contribution in [0.1, 0.15) is 16.7 Å². The Kier molecular flexibility index (Phi) is 4.27. The highest BCUT2D eigenvalue weighted by Gasteiger charge is 2.11. The summed E-state index contributed by atoms with van der Waals surface area (Å²) in [4.78, 5) is 0.868. The molecule has 0 saturated heterocycles. The summed E-state index contributed by atoms with van der Waals surface area (Å²) in [6, 6.07) is 11.3. The van der Waals surface area contributed by atoms with Gasteiger partial charge in [-0.1, -0.05) is 29.8 Å². The van der Waals surface area contributed by atoms with Crippen LogP contribution in [0.25, 0.3) is 0 Å². The fraction of sp³-hybridized carbons (Fsp3) is 0.200. The lowest BCUT2D eigenvalue weighted by atomic mass is 10.2. The predicted molar refractivity (Wildman–Crippen MR) is 81.9 cm³/mol. The lowest BCUT2D eigenvalue weighted by Crippen LogP contribution is -2.00. The maximum atomic E-state index is 12.4. The molecule has 2 N–H and O–H groups in total. The van der Waals surface area contributed by atoms with Crippen molar-refractivity contribution in [2.24, 2.45) is 0 Å². The van der Waals surface area contributed by atoms with Crippen LogP contribution in [0.4, 0.5) is 5.69 Å². The molecule has 0 bridgehead atoms. The van der Waals surface area contributed by atoms with Crippen LogP contribution < -0.4 is 5.73 Å². The van der Waals surface area contributed by atoms with E-state index in [1.54, 1.807) is 12.1 Å². The number of rotatable bonds is 3. The lowest BCUT2D eigenvalue weighted by molar-refractivity contribution is 0.682. The summed E-state index contributed by atoms with van der Waals surface area (Å²) >= 11 is 6.12. The molecule has 0 amide bonds. The van der Waals surface area contributed by atoms with Crippen molar-refractivity contribution in [3.8, 4) is 0 Å². The molecule has 19 heavy (non-hydrogen) atoms. The molecule has 0 aromatic heterocycles. The Morgan fingerprint density at radius 1 is 1.16 bits per heavy atom. The van der Waals surface area contributed by atoms with Crippen LogP contribution in [-0.4, -0.2) is 4.21 Å². The summed E-state index contributed by atoms with van der Waals surface area (Å²) in [6.45, 7) is 3.97. The minimum absolute atomic E-state index is 0.406. The molecule has 2 nitrogen and oxygen atoms in total. The summed E-state index contributed by atoms with van der Waals surface area (Å²) in [5, 5.41) is 0.568. The van der Waals surface area contributed by atoms with Crippen LogP contribution in [0, 0.1) is 13.8 Å². The molecule has 0 radical (unpaired) electrons. The van der Waals surface area contributed by atoms with Crippen molar-refractivity contribution in [2.75, 3.05) is 5.73 Å². The van der Waals surface area contributed by atoms with Gasteiger partial charge in [-0.05, 0) is 48.7 Å². The average molecular weight is 294 g/mol. The molecule has 100 valence electrons. The van der Waals surface area contributed by atoms with E-state index in [0.29, 0.717) is 16.5 Å². The number of halogens is 1. The van der Waals surface area contributed by atoms with Gasteiger partial charge in [0, 0.05) is 15.6 Å². The topological polar surface area (TPSA) is 43.1 Å². The van der Waals surface area contributed by atoms with Gasteiger partial charge in [-0.2, -0.15) is 0 Å². The first kappa shape index (κ1) is 14.1. The number of aryl methyl sites for hydroxylation is 2. The highest BCUT2D eigenvalue weighted by molar-refractivity contribution is 7.84. The van der Waals surface area contributed by atoms with Crippen molar-refractivity contribution >= 4 is 28.1 Å². The highest BCUT2D eigenvalue weighted by Crippen LogP contribution is 2.24. The van der Waals surface area contributed by atoms with E-state index in [4.69, 9.17) is 17.3 Å². The zero-order valence-corrected chi connectivity index (χ0v) is 12.5. The van der Waals surface area contributed by atoms with Crippen molar-refractivity contribution in [3.63, 3.8) is 0 Å².